The predicted octanol–water partition coefficient (Wildman–Crippen LogP) is 3.17. The van der Waals surface area contributed by atoms with Crippen molar-refractivity contribution in [3.63, 3.8) is 0 Å². The predicted molar refractivity (Wildman–Crippen MR) is 144 cm³/mol. The molecule has 0 fully saturated rings. The number of fused-ring (bicyclic) bond motifs is 4. The number of nitrogens with zero attached hydrogens (tertiary/aromatic N) is 6. The number of hydrogen-bond donors (Lipinski definition) is 3. The topological polar surface area (TPSA) is 144 Å². The number of hydrogen-bond acceptors (Lipinski definition) is 9. The first kappa shape index (κ1) is 23.4. The summed E-state index contributed by atoms with van der Waals surface area (Å²) in [7, 11) is 0. The lowest BCUT2D eigenvalue weighted by Crippen LogP contribution is -2.32. The minimum atomic E-state index is -0.544. The van der Waals surface area contributed by atoms with E-state index < -0.39 is 5.82 Å². The number of imidazole rings is 1. The number of nitrogen functional groups attached to an aromatic ring is 1. The van der Waals surface area contributed by atoms with Crippen molar-refractivity contribution in [2.45, 2.75) is 32.5 Å². The van der Waals surface area contributed by atoms with E-state index in [0.717, 1.165) is 29.9 Å². The fraction of sp³-hybridized carbons (Fsp3) is 0.259. The van der Waals surface area contributed by atoms with Gasteiger partial charge in [0.25, 0.3) is 5.88 Å². The number of aryl methyl sites for hydroxylation is 2. The van der Waals surface area contributed by atoms with E-state index in [4.69, 9.17) is 26.0 Å². The molecule has 6 heterocycles. The second kappa shape index (κ2) is 8.95. The molecule has 7 rings (SSSR count). The molecule has 4 aromatic heterocycles. The van der Waals surface area contributed by atoms with Gasteiger partial charge in [0.2, 0.25) is 0 Å². The molecule has 198 valence electrons. The maximum Gasteiger partial charge on any atom is 0.257 e. The lowest BCUT2D eigenvalue weighted by Gasteiger charge is -2.15. The Kier molecular flexibility index (Phi) is 5.37. The van der Waals surface area contributed by atoms with Gasteiger partial charge >= 0.3 is 0 Å². The number of anilines is 3. The molecule has 0 unspecified atom stereocenters. The number of nitrogens with one attached hydrogen (secondary N) is 1. The van der Waals surface area contributed by atoms with Gasteiger partial charge < -0.3 is 30.8 Å². The molecule has 0 spiro atoms. The molecule has 2 aliphatic heterocycles. The molecule has 0 saturated heterocycles. The minimum absolute atomic E-state index is 0.0132. The Morgan fingerprint density at radius 3 is 2.82 bits per heavy atom. The van der Waals surface area contributed by atoms with Gasteiger partial charge in [0.05, 0.1) is 18.3 Å². The Bertz CT molecular complexity index is 1750. The molecule has 0 bridgehead atoms. The van der Waals surface area contributed by atoms with E-state index in [9.17, 15) is 0 Å². The number of benzene rings is 1. The van der Waals surface area contributed by atoms with Crippen LogP contribution < -0.4 is 26.3 Å². The molecule has 1 atom stereocenters. The van der Waals surface area contributed by atoms with Crippen LogP contribution in [0.3, 0.4) is 0 Å². The molecule has 0 aliphatic carbocycles. The van der Waals surface area contributed by atoms with E-state index in [2.05, 4.69) is 24.8 Å². The molecule has 1 aromatic carbocycles. The van der Waals surface area contributed by atoms with Crippen molar-refractivity contribution in [2.75, 3.05) is 24.3 Å². The van der Waals surface area contributed by atoms with Crippen molar-refractivity contribution in [1.29, 1.82) is 0 Å². The van der Waals surface area contributed by atoms with Gasteiger partial charge in [-0.15, -0.1) is 0 Å². The molecule has 5 aromatic rings. The highest BCUT2D eigenvalue weighted by Crippen LogP contribution is 2.40. The molecule has 0 saturated carbocycles. The number of halogens is 1. The third-order valence-electron chi connectivity index (χ3n) is 7.24. The van der Waals surface area contributed by atoms with E-state index in [0.29, 0.717) is 58.5 Å². The van der Waals surface area contributed by atoms with Crippen LogP contribution in [0.2, 0.25) is 0 Å². The number of pyridine rings is 2. The molecular weight excluding hydrogens is 501 g/mol. The van der Waals surface area contributed by atoms with Gasteiger partial charge in [0.15, 0.2) is 17.4 Å². The van der Waals surface area contributed by atoms with Gasteiger partial charge in [-0.1, -0.05) is 0 Å². The van der Waals surface area contributed by atoms with E-state index in [-0.39, 0.29) is 18.3 Å². The second-order valence-corrected chi connectivity index (χ2v) is 9.85. The lowest BCUT2D eigenvalue weighted by molar-refractivity contribution is 0.261. The number of aromatic nitrogens is 6. The second-order valence-electron chi connectivity index (χ2n) is 9.85. The van der Waals surface area contributed by atoms with Crippen LogP contribution in [0.25, 0.3) is 21.9 Å². The normalized spacial score (nSPS) is 16.3. The van der Waals surface area contributed by atoms with Crippen LogP contribution in [0.5, 0.6) is 11.6 Å². The molecule has 0 radical (unpaired) electrons. The van der Waals surface area contributed by atoms with Gasteiger partial charge in [0, 0.05) is 71.6 Å². The van der Waals surface area contributed by atoms with E-state index in [1.807, 2.05) is 36.1 Å². The van der Waals surface area contributed by atoms with Gasteiger partial charge in [-0.3, -0.25) is 4.68 Å². The fourth-order valence-electron chi connectivity index (χ4n) is 5.14. The Hall–Kier alpha value is -4.71. The average molecular weight is 528 g/mol. The average Bonchev–Trinajstić information content (AvgIpc) is 3.43. The van der Waals surface area contributed by atoms with Crippen LogP contribution in [0.1, 0.15) is 17.1 Å². The van der Waals surface area contributed by atoms with Crippen molar-refractivity contribution in [3.05, 3.63) is 65.9 Å². The molecule has 5 N–H and O–H groups in total. The van der Waals surface area contributed by atoms with Gasteiger partial charge in [-0.25, -0.2) is 19.3 Å². The number of ether oxygens (including phenoxy) is 2. The van der Waals surface area contributed by atoms with Crippen molar-refractivity contribution < 1.29 is 13.9 Å². The van der Waals surface area contributed by atoms with Crippen LogP contribution in [0.4, 0.5) is 21.7 Å². The van der Waals surface area contributed by atoms with E-state index in [1.165, 1.54) is 0 Å². The Labute approximate surface area is 222 Å². The van der Waals surface area contributed by atoms with Crippen molar-refractivity contribution >= 4 is 28.1 Å². The quantitative estimate of drug-likeness (QED) is 0.301. The van der Waals surface area contributed by atoms with Crippen molar-refractivity contribution in [1.82, 2.24) is 29.3 Å². The lowest BCUT2D eigenvalue weighted by atomic mass is 9.97. The minimum Gasteiger partial charge on any atom is -0.486 e. The summed E-state index contributed by atoms with van der Waals surface area (Å²) in [6.45, 7) is 3.86. The zero-order valence-corrected chi connectivity index (χ0v) is 21.2. The molecular formula is C27H26FN9O2. The van der Waals surface area contributed by atoms with Gasteiger partial charge in [0.1, 0.15) is 24.9 Å². The molecule has 11 nitrogen and oxygen atoms in total. The Morgan fingerprint density at radius 1 is 1.05 bits per heavy atom. The summed E-state index contributed by atoms with van der Waals surface area (Å²) in [5.74, 6) is 2.47. The fourth-order valence-corrected chi connectivity index (χ4v) is 5.14. The Morgan fingerprint density at radius 2 is 1.92 bits per heavy atom. The van der Waals surface area contributed by atoms with Crippen molar-refractivity contribution in [2.24, 2.45) is 5.73 Å². The summed E-state index contributed by atoms with van der Waals surface area (Å²) in [5.41, 5.74) is 14.9. The first-order valence-electron chi connectivity index (χ1n) is 12.7. The van der Waals surface area contributed by atoms with E-state index in [1.54, 1.807) is 18.5 Å². The Balaban J connectivity index is 1.23. The molecule has 0 amide bonds. The van der Waals surface area contributed by atoms with Crippen LogP contribution in [-0.2, 0) is 19.5 Å². The number of nitrogens with two attached hydrogens (primary N) is 2. The zero-order chi connectivity index (χ0) is 26.7. The summed E-state index contributed by atoms with van der Waals surface area (Å²) in [6.07, 6.45) is 7.78. The van der Waals surface area contributed by atoms with E-state index >= 15 is 4.39 Å². The summed E-state index contributed by atoms with van der Waals surface area (Å²) in [4.78, 5) is 13.3. The maximum absolute atomic E-state index is 15.6. The van der Waals surface area contributed by atoms with Crippen LogP contribution in [0.15, 0.2) is 43.0 Å². The largest absolute Gasteiger partial charge is 0.486 e. The smallest absolute Gasteiger partial charge is 0.257 e. The molecule has 2 aliphatic rings. The molecule has 12 heteroatoms. The highest BCUT2D eigenvalue weighted by molar-refractivity contribution is 5.98. The van der Waals surface area contributed by atoms with Crippen molar-refractivity contribution in [3.8, 4) is 22.8 Å². The van der Waals surface area contributed by atoms with Crippen LogP contribution >= 0.6 is 0 Å². The monoisotopic (exact) mass is 527 g/mol. The first-order chi connectivity index (χ1) is 18.9. The zero-order valence-electron chi connectivity index (χ0n) is 21.2. The molecule has 39 heavy (non-hydrogen) atoms. The summed E-state index contributed by atoms with van der Waals surface area (Å²) < 4.78 is 31.2. The van der Waals surface area contributed by atoms with Gasteiger partial charge in [-0.05, 0) is 24.4 Å². The highest BCUT2D eigenvalue weighted by atomic mass is 19.1. The standard InChI is InChI=1S/C27H26FN9O2/c1-14-19(9-33-27-26(14)38-12-16(29)13-39-27)18-6-15-7-21(32-10-20(15)25(30)24(18)28)34-22-8-17-2-4-36-5-3-31-23(36)11-37(17)35-22/h3,5-10,16H,2,4,11-13,29-30H2,1H3,(H,32,34,35)/t16-/m1/s1. The SMILES string of the molecule is Cc1c(-c2cc3cc(Nc4cc5n(n4)Cc4nccn4CC5)ncc3c(N)c2F)cnc2c1OC[C@@H](N)CO2. The number of rotatable bonds is 3. The highest BCUT2D eigenvalue weighted by Gasteiger charge is 2.23. The van der Waals surface area contributed by atoms with Crippen LogP contribution in [-0.4, -0.2) is 48.6 Å². The van der Waals surface area contributed by atoms with Crippen LogP contribution in [0, 0.1) is 12.7 Å². The first-order valence-corrected chi connectivity index (χ1v) is 12.7. The maximum atomic E-state index is 15.6. The third kappa shape index (κ3) is 4.00. The summed E-state index contributed by atoms with van der Waals surface area (Å²) >= 11 is 0. The summed E-state index contributed by atoms with van der Waals surface area (Å²) in [6, 6.07) is 5.32. The summed E-state index contributed by atoms with van der Waals surface area (Å²) in [5, 5.41) is 9.23. The van der Waals surface area contributed by atoms with Gasteiger partial charge in [-0.2, -0.15) is 5.10 Å². The third-order valence-corrected chi connectivity index (χ3v) is 7.24.